The number of hydrogen-bond donors (Lipinski definition) is 2. The van der Waals surface area contributed by atoms with Crippen molar-refractivity contribution in [1.29, 1.82) is 5.26 Å². The molecule has 2 fully saturated rings. The summed E-state index contributed by atoms with van der Waals surface area (Å²) in [6.45, 7) is 10.2. The molecular formula is C34H42F2N6O2S. The third-order valence-corrected chi connectivity index (χ3v) is 10.2. The Labute approximate surface area is 267 Å². The van der Waals surface area contributed by atoms with Crippen LogP contribution in [-0.2, 0) is 18.0 Å². The molecule has 0 spiro atoms. The van der Waals surface area contributed by atoms with Crippen molar-refractivity contribution in [1.82, 2.24) is 14.8 Å². The summed E-state index contributed by atoms with van der Waals surface area (Å²) in [5.41, 5.74) is 8.57. The standard InChI is InChI=1S/C27H27F2N5OS.C7H15NO/c1-4-14(2)21-17(10-32-15(3)34-7-5-6-8-34)18-12-35-13-19(18)22(24(21)29)25-23-16(9-30)27(31)36-26(23)20(28)11-33-25;1-7(9)4-6(5-7)8(2)3/h10-11H,4-8,12-13,31H2,1-3H3;6,9H,4-5H2,1-3H3/b17-10-,21-14?,32-15?;. The molecular weight excluding hydrogens is 594 g/mol. The highest BCUT2D eigenvalue weighted by Gasteiger charge is 2.39. The van der Waals surface area contributed by atoms with Crippen molar-refractivity contribution in [2.45, 2.75) is 84.7 Å². The van der Waals surface area contributed by atoms with Crippen LogP contribution in [0.1, 0.15) is 76.5 Å². The topological polar surface area (TPSA) is 111 Å². The van der Waals surface area contributed by atoms with Crippen molar-refractivity contribution < 1.29 is 18.6 Å². The highest BCUT2D eigenvalue weighted by molar-refractivity contribution is 7.23. The van der Waals surface area contributed by atoms with Crippen LogP contribution in [0.15, 0.2) is 11.2 Å². The molecule has 1 aliphatic carbocycles. The molecule has 45 heavy (non-hydrogen) atoms. The maximum atomic E-state index is 16.6. The van der Waals surface area contributed by atoms with Crippen molar-refractivity contribution in [3.8, 4) is 17.3 Å². The lowest BCUT2D eigenvalue weighted by Gasteiger charge is -2.44. The quantitative estimate of drug-likeness (QED) is 0.306. The third kappa shape index (κ3) is 6.34. The number of nitrogens with zero attached hydrogens (tertiary/aromatic N) is 5. The van der Waals surface area contributed by atoms with Crippen molar-refractivity contribution in [3.05, 3.63) is 45.0 Å². The molecule has 2 aliphatic heterocycles. The molecule has 1 aromatic carbocycles. The fourth-order valence-corrected chi connectivity index (χ4v) is 7.31. The molecule has 0 bridgehead atoms. The van der Waals surface area contributed by atoms with Crippen LogP contribution >= 0.6 is 11.3 Å². The van der Waals surface area contributed by atoms with E-state index in [1.54, 1.807) is 6.20 Å². The van der Waals surface area contributed by atoms with Crippen molar-refractivity contribution >= 4 is 44.0 Å². The van der Waals surface area contributed by atoms with Gasteiger partial charge in [0.15, 0.2) is 5.82 Å². The molecule has 2 aromatic heterocycles. The van der Waals surface area contributed by atoms with Crippen LogP contribution in [-0.4, -0.2) is 64.6 Å². The Bertz CT molecular complexity index is 1810. The predicted molar refractivity (Wildman–Crippen MR) is 177 cm³/mol. The van der Waals surface area contributed by atoms with Gasteiger partial charge in [-0.2, -0.15) is 5.26 Å². The smallest absolute Gasteiger partial charge is 0.159 e. The van der Waals surface area contributed by atoms with E-state index in [1.165, 1.54) is 0 Å². The minimum Gasteiger partial charge on any atom is -0.390 e. The van der Waals surface area contributed by atoms with Crippen LogP contribution in [0.4, 0.5) is 13.8 Å². The Kier molecular flexibility index (Phi) is 9.61. The van der Waals surface area contributed by atoms with Crippen molar-refractivity contribution in [2.75, 3.05) is 32.9 Å². The summed E-state index contributed by atoms with van der Waals surface area (Å²) in [6.07, 6.45) is 7.59. The van der Waals surface area contributed by atoms with E-state index < -0.39 is 11.6 Å². The number of amidine groups is 1. The summed E-state index contributed by atoms with van der Waals surface area (Å²) in [4.78, 5) is 13.4. The average Bonchev–Trinajstić information content (AvgIpc) is 3.76. The number of aliphatic hydroxyl groups is 1. The van der Waals surface area contributed by atoms with Gasteiger partial charge in [0.1, 0.15) is 22.7 Å². The summed E-state index contributed by atoms with van der Waals surface area (Å²) >= 11 is 0.972. The van der Waals surface area contributed by atoms with Crippen LogP contribution < -0.4 is 16.2 Å². The molecule has 0 amide bonds. The molecule has 0 unspecified atom stereocenters. The zero-order valence-electron chi connectivity index (χ0n) is 26.9. The van der Waals surface area contributed by atoms with Gasteiger partial charge in [0.05, 0.1) is 41.0 Å². The lowest BCUT2D eigenvalue weighted by atomic mass is 9.77. The molecule has 1 saturated carbocycles. The zero-order valence-corrected chi connectivity index (χ0v) is 27.7. The van der Waals surface area contributed by atoms with Crippen LogP contribution in [0.3, 0.4) is 0 Å². The molecule has 8 nitrogen and oxygen atoms in total. The van der Waals surface area contributed by atoms with Gasteiger partial charge in [-0.3, -0.25) is 4.98 Å². The predicted octanol–water partition coefficient (Wildman–Crippen LogP) is 5.02. The molecule has 4 heterocycles. The first kappa shape index (κ1) is 32.9. The number of ether oxygens (including phenoxy) is 1. The molecule has 0 radical (unpaired) electrons. The molecule has 240 valence electrons. The number of thiophene rings is 1. The average molecular weight is 637 g/mol. The number of aliphatic imine (C=N–C) groups is 1. The molecule has 1 saturated heterocycles. The van der Waals surface area contributed by atoms with E-state index in [1.807, 2.05) is 27.7 Å². The Hall–Kier alpha value is -3.43. The minimum absolute atomic E-state index is 0.114. The number of halogens is 2. The summed E-state index contributed by atoms with van der Waals surface area (Å²) in [6, 6.07) is 2.66. The number of benzene rings is 1. The van der Waals surface area contributed by atoms with Gasteiger partial charge in [0.2, 0.25) is 0 Å². The van der Waals surface area contributed by atoms with E-state index in [0.29, 0.717) is 35.1 Å². The number of likely N-dealkylation sites (tertiary alicyclic amines) is 1. The first-order valence-corrected chi connectivity index (χ1v) is 16.3. The lowest BCUT2D eigenvalue weighted by Crippen LogP contribution is -2.51. The molecule has 11 heteroatoms. The van der Waals surface area contributed by atoms with Gasteiger partial charge in [-0.1, -0.05) is 12.5 Å². The Balaban J connectivity index is 0.000000383. The van der Waals surface area contributed by atoms with Crippen LogP contribution in [0, 0.1) is 23.0 Å². The lowest BCUT2D eigenvalue weighted by molar-refractivity contribution is -0.0663. The number of nitrogen functional groups attached to an aromatic ring is 1. The zero-order chi connectivity index (χ0) is 32.6. The molecule has 6 rings (SSSR count). The van der Waals surface area contributed by atoms with Crippen molar-refractivity contribution in [2.24, 2.45) is 4.99 Å². The molecule has 0 atom stereocenters. The van der Waals surface area contributed by atoms with Gasteiger partial charge < -0.3 is 25.4 Å². The Morgan fingerprint density at radius 1 is 1.27 bits per heavy atom. The molecule has 3 aromatic rings. The highest BCUT2D eigenvalue weighted by atomic mass is 32.1. The SMILES string of the molecule is CCC(C)=c1c(F)c(-c2ncc(F)c3sc(N)c(C#N)c23)c2c(/c1=C/N=C(C)N1CCCC1)COC2.CN(C)C1CC(C)(O)C1. The second-order valence-corrected chi connectivity index (χ2v) is 13.7. The third-order valence-electron chi connectivity index (χ3n) is 9.22. The van der Waals surface area contributed by atoms with Crippen LogP contribution in [0.25, 0.3) is 33.1 Å². The number of nitriles is 1. The summed E-state index contributed by atoms with van der Waals surface area (Å²) < 4.78 is 37.3. The first-order valence-electron chi connectivity index (χ1n) is 15.4. The van der Waals surface area contributed by atoms with E-state index >= 15 is 4.39 Å². The largest absolute Gasteiger partial charge is 0.390 e. The van der Waals surface area contributed by atoms with Gasteiger partial charge >= 0.3 is 0 Å². The second-order valence-electron chi connectivity index (χ2n) is 12.7. The fraction of sp³-hybridized carbons (Fsp3) is 0.500. The highest BCUT2D eigenvalue weighted by Crippen LogP contribution is 2.42. The number of rotatable bonds is 4. The Morgan fingerprint density at radius 2 is 1.93 bits per heavy atom. The van der Waals surface area contributed by atoms with Gasteiger partial charge in [-0.15, -0.1) is 11.3 Å². The van der Waals surface area contributed by atoms with E-state index in [-0.39, 0.29) is 44.1 Å². The first-order chi connectivity index (χ1) is 21.4. The van der Waals surface area contributed by atoms with Crippen LogP contribution in [0.2, 0.25) is 0 Å². The molecule has 3 N–H and O–H groups in total. The van der Waals surface area contributed by atoms with E-state index in [0.717, 1.165) is 73.3 Å². The number of pyridine rings is 1. The van der Waals surface area contributed by atoms with Gasteiger partial charge in [0.25, 0.3) is 0 Å². The monoisotopic (exact) mass is 636 g/mol. The summed E-state index contributed by atoms with van der Waals surface area (Å²) in [5.74, 6) is -0.152. The number of hydrogen-bond acceptors (Lipinski definition) is 8. The number of fused-ring (bicyclic) bond motifs is 2. The second kappa shape index (κ2) is 13.1. The number of anilines is 1. The minimum atomic E-state index is -0.589. The van der Waals surface area contributed by atoms with Gasteiger partial charge in [0, 0.05) is 46.7 Å². The Morgan fingerprint density at radius 3 is 2.51 bits per heavy atom. The fourth-order valence-electron chi connectivity index (χ4n) is 6.39. The van der Waals surface area contributed by atoms with E-state index in [2.05, 4.69) is 34.9 Å². The maximum absolute atomic E-state index is 16.6. The maximum Gasteiger partial charge on any atom is 0.159 e. The van der Waals surface area contributed by atoms with Crippen LogP contribution in [0.5, 0.6) is 0 Å². The number of aromatic nitrogens is 1. The summed E-state index contributed by atoms with van der Waals surface area (Å²) in [5, 5.41) is 20.6. The van der Waals surface area contributed by atoms with Crippen molar-refractivity contribution in [3.63, 3.8) is 0 Å². The normalized spacial score (nSPS) is 22.3. The molecule has 3 aliphatic rings. The van der Waals surface area contributed by atoms with E-state index in [9.17, 15) is 14.8 Å². The van der Waals surface area contributed by atoms with Gasteiger partial charge in [-0.25, -0.2) is 13.8 Å². The summed E-state index contributed by atoms with van der Waals surface area (Å²) in [7, 11) is 4.11. The van der Waals surface area contributed by atoms with E-state index in [4.69, 9.17) is 15.5 Å². The number of nitrogens with two attached hydrogens (primary N) is 1. The van der Waals surface area contributed by atoms with Gasteiger partial charge in [-0.05, 0) is 78.1 Å².